The fraction of sp³-hybridized carbons (Fsp3) is 0.273. The molecule has 142 valence electrons. The first kappa shape index (κ1) is 18.1. The summed E-state index contributed by atoms with van der Waals surface area (Å²) in [6.45, 7) is 0. The minimum atomic E-state index is -0.858. The summed E-state index contributed by atoms with van der Waals surface area (Å²) in [7, 11) is 0. The third kappa shape index (κ3) is 4.17. The molecule has 0 saturated carbocycles. The van der Waals surface area contributed by atoms with Crippen LogP contribution in [0.4, 0.5) is 0 Å². The Labute approximate surface area is 163 Å². The van der Waals surface area contributed by atoms with Gasteiger partial charge in [-0.1, -0.05) is 24.3 Å². The Kier molecular flexibility index (Phi) is 5.28. The molecule has 0 saturated heterocycles. The van der Waals surface area contributed by atoms with Gasteiger partial charge in [-0.25, -0.2) is 10.9 Å². The van der Waals surface area contributed by atoms with Crippen LogP contribution in [-0.2, 0) is 35.3 Å². The maximum Gasteiger partial charge on any atom is 0.331 e. The van der Waals surface area contributed by atoms with Gasteiger partial charge in [0.1, 0.15) is 0 Å². The lowest BCUT2D eigenvalue weighted by molar-refractivity contribution is -0.139. The van der Waals surface area contributed by atoms with Gasteiger partial charge in [0.15, 0.2) is 0 Å². The van der Waals surface area contributed by atoms with Crippen LogP contribution in [0.2, 0.25) is 0 Å². The van der Waals surface area contributed by atoms with E-state index in [0.29, 0.717) is 0 Å². The fourth-order valence-corrected chi connectivity index (χ4v) is 3.78. The van der Waals surface area contributed by atoms with Crippen LogP contribution < -0.4 is 10.9 Å². The van der Waals surface area contributed by atoms with Crippen molar-refractivity contribution in [2.75, 3.05) is 0 Å². The number of hydrogen-bond acceptors (Lipinski definition) is 4. The van der Waals surface area contributed by atoms with E-state index in [1.165, 1.54) is 47.5 Å². The minimum Gasteiger partial charge on any atom is -0.262 e. The number of nitrogens with zero attached hydrogens (tertiary/aromatic N) is 2. The van der Waals surface area contributed by atoms with Crippen molar-refractivity contribution in [2.24, 2.45) is 10.2 Å². The van der Waals surface area contributed by atoms with Crippen molar-refractivity contribution < 1.29 is 9.59 Å². The largest absolute Gasteiger partial charge is 0.331 e. The van der Waals surface area contributed by atoms with Crippen molar-refractivity contribution >= 4 is 24.2 Å². The molecule has 0 aromatic heterocycles. The molecule has 6 heteroatoms. The third-order valence-electron chi connectivity index (χ3n) is 5.21. The average molecular weight is 374 g/mol. The fourth-order valence-electron chi connectivity index (χ4n) is 3.78. The highest BCUT2D eigenvalue weighted by Crippen LogP contribution is 2.23. The summed E-state index contributed by atoms with van der Waals surface area (Å²) in [6.07, 6.45) is 9.83. The minimum absolute atomic E-state index is 0.858. The maximum absolute atomic E-state index is 11.8. The maximum atomic E-state index is 11.8. The van der Waals surface area contributed by atoms with Crippen molar-refractivity contribution in [1.29, 1.82) is 0 Å². The molecule has 0 aliphatic heterocycles. The van der Waals surface area contributed by atoms with Crippen LogP contribution in [0.15, 0.2) is 46.6 Å². The summed E-state index contributed by atoms with van der Waals surface area (Å²) >= 11 is 0. The summed E-state index contributed by atoms with van der Waals surface area (Å²) in [5, 5.41) is 7.71. The van der Waals surface area contributed by atoms with E-state index in [2.05, 4.69) is 45.3 Å². The Morgan fingerprint density at radius 3 is 1.57 bits per heavy atom. The highest BCUT2D eigenvalue weighted by atomic mass is 16.2. The van der Waals surface area contributed by atoms with E-state index in [4.69, 9.17) is 0 Å². The monoisotopic (exact) mass is 374 g/mol. The topological polar surface area (TPSA) is 82.9 Å². The molecule has 4 rings (SSSR count). The molecule has 0 heterocycles. The van der Waals surface area contributed by atoms with Crippen LogP contribution in [0.5, 0.6) is 0 Å². The number of benzene rings is 2. The zero-order valence-corrected chi connectivity index (χ0v) is 15.6. The summed E-state index contributed by atoms with van der Waals surface area (Å²) in [5.74, 6) is -1.72. The molecule has 2 N–H and O–H groups in total. The van der Waals surface area contributed by atoms with Gasteiger partial charge in [0.05, 0.1) is 12.4 Å². The molecule has 2 aliphatic rings. The standard InChI is InChI=1S/C22H22N4O2/c27-21(25-23-13-15-7-9-17-3-1-5-19(17)11-15)22(28)26-24-14-16-8-10-18-4-2-6-20(18)12-16/h7-14H,1-6H2,(H,25,27)(H,26,28). The second-order valence-corrected chi connectivity index (χ2v) is 7.16. The Hall–Kier alpha value is -3.28. The van der Waals surface area contributed by atoms with Gasteiger partial charge >= 0.3 is 11.8 Å². The van der Waals surface area contributed by atoms with Crippen LogP contribution in [0, 0.1) is 0 Å². The molecule has 2 aromatic carbocycles. The summed E-state index contributed by atoms with van der Waals surface area (Å²) in [4.78, 5) is 23.6. The lowest BCUT2D eigenvalue weighted by Gasteiger charge is -2.01. The average Bonchev–Trinajstić information content (AvgIpc) is 3.36. The quantitative estimate of drug-likeness (QED) is 0.489. The number of carbonyl (C=O) groups excluding carboxylic acids is 2. The van der Waals surface area contributed by atoms with Crippen molar-refractivity contribution in [3.05, 3.63) is 69.8 Å². The number of fused-ring (bicyclic) bond motifs is 2. The molecule has 28 heavy (non-hydrogen) atoms. The zero-order chi connectivity index (χ0) is 19.3. The van der Waals surface area contributed by atoms with E-state index in [1.54, 1.807) is 0 Å². The molecule has 0 unspecified atom stereocenters. The van der Waals surface area contributed by atoms with Gasteiger partial charge in [-0.3, -0.25) is 9.59 Å². The van der Waals surface area contributed by atoms with Crippen molar-refractivity contribution in [2.45, 2.75) is 38.5 Å². The van der Waals surface area contributed by atoms with Crippen molar-refractivity contribution in [3.8, 4) is 0 Å². The third-order valence-corrected chi connectivity index (χ3v) is 5.21. The van der Waals surface area contributed by atoms with Gasteiger partial charge in [-0.05, 0) is 84.0 Å². The van der Waals surface area contributed by atoms with Gasteiger partial charge < -0.3 is 0 Å². The normalized spacial score (nSPS) is 15.0. The van der Waals surface area contributed by atoms with Crippen LogP contribution in [0.3, 0.4) is 0 Å². The summed E-state index contributed by atoms with van der Waals surface area (Å²) in [6, 6.07) is 12.2. The van der Waals surface area contributed by atoms with Gasteiger partial charge in [0, 0.05) is 0 Å². The second kappa shape index (κ2) is 8.17. The molecular formula is C22H22N4O2. The molecule has 0 bridgehead atoms. The lowest BCUT2D eigenvalue weighted by atomic mass is 10.1. The molecule has 0 radical (unpaired) electrons. The Balaban J connectivity index is 1.27. The van der Waals surface area contributed by atoms with Crippen molar-refractivity contribution in [3.63, 3.8) is 0 Å². The van der Waals surface area contributed by atoms with E-state index in [-0.39, 0.29) is 0 Å². The molecule has 2 aliphatic carbocycles. The van der Waals surface area contributed by atoms with E-state index in [9.17, 15) is 9.59 Å². The molecule has 2 aromatic rings. The number of amides is 2. The Morgan fingerprint density at radius 1 is 0.679 bits per heavy atom. The summed E-state index contributed by atoms with van der Waals surface area (Å²) in [5.41, 5.74) is 11.7. The Bertz CT molecular complexity index is 899. The van der Waals surface area contributed by atoms with Gasteiger partial charge in [-0.2, -0.15) is 10.2 Å². The number of hydrogen-bond donors (Lipinski definition) is 2. The highest BCUT2D eigenvalue weighted by molar-refractivity contribution is 6.35. The van der Waals surface area contributed by atoms with E-state index in [1.807, 2.05) is 12.1 Å². The number of hydrazone groups is 2. The molecular weight excluding hydrogens is 352 g/mol. The molecule has 0 spiro atoms. The number of rotatable bonds is 4. The van der Waals surface area contributed by atoms with Gasteiger partial charge in [-0.15, -0.1) is 0 Å². The predicted octanol–water partition coefficient (Wildman–Crippen LogP) is 2.26. The first-order valence-corrected chi connectivity index (χ1v) is 9.59. The Morgan fingerprint density at radius 2 is 1.11 bits per heavy atom. The van der Waals surface area contributed by atoms with Crippen LogP contribution in [0.25, 0.3) is 0 Å². The van der Waals surface area contributed by atoms with Gasteiger partial charge in [0.25, 0.3) is 0 Å². The van der Waals surface area contributed by atoms with E-state index >= 15 is 0 Å². The first-order chi connectivity index (χ1) is 13.7. The van der Waals surface area contributed by atoms with Gasteiger partial charge in [0.2, 0.25) is 0 Å². The number of aryl methyl sites for hydroxylation is 4. The predicted molar refractivity (Wildman–Crippen MR) is 108 cm³/mol. The molecule has 0 fully saturated rings. The highest BCUT2D eigenvalue weighted by Gasteiger charge is 2.13. The van der Waals surface area contributed by atoms with Crippen LogP contribution in [0.1, 0.15) is 46.2 Å². The molecule has 2 amide bonds. The smallest absolute Gasteiger partial charge is 0.262 e. The van der Waals surface area contributed by atoms with Crippen LogP contribution in [-0.4, -0.2) is 24.2 Å². The zero-order valence-electron chi connectivity index (χ0n) is 15.6. The second-order valence-electron chi connectivity index (χ2n) is 7.16. The summed E-state index contributed by atoms with van der Waals surface area (Å²) < 4.78 is 0. The molecule has 6 nitrogen and oxygen atoms in total. The number of nitrogens with one attached hydrogen (secondary N) is 2. The number of carbonyl (C=O) groups is 2. The lowest BCUT2D eigenvalue weighted by Crippen LogP contribution is -2.35. The SMILES string of the molecule is O=C(NN=Cc1ccc2c(c1)CCC2)C(=O)NN=Cc1ccc2c(c1)CCC2. The van der Waals surface area contributed by atoms with E-state index in [0.717, 1.165) is 36.8 Å². The molecule has 0 atom stereocenters. The van der Waals surface area contributed by atoms with E-state index < -0.39 is 11.8 Å². The van der Waals surface area contributed by atoms with Crippen LogP contribution >= 0.6 is 0 Å². The first-order valence-electron chi connectivity index (χ1n) is 9.59. The van der Waals surface area contributed by atoms with Crippen molar-refractivity contribution in [1.82, 2.24) is 10.9 Å².